The van der Waals surface area contributed by atoms with Gasteiger partial charge in [0.2, 0.25) is 10.0 Å². The van der Waals surface area contributed by atoms with Gasteiger partial charge in [0.25, 0.3) is 0 Å². The van der Waals surface area contributed by atoms with Crippen molar-refractivity contribution in [3.05, 3.63) is 28.5 Å². The lowest BCUT2D eigenvalue weighted by atomic mass is 10.0. The predicted octanol–water partition coefficient (Wildman–Crippen LogP) is 2.34. The second-order valence-electron chi connectivity index (χ2n) is 5.09. The van der Waals surface area contributed by atoms with E-state index in [0.717, 1.165) is 25.3 Å². The number of sulfonamides is 1. The quantitative estimate of drug-likeness (QED) is 0.891. The van der Waals surface area contributed by atoms with Gasteiger partial charge in [0.05, 0.1) is 9.37 Å². The number of rotatable bonds is 4. The van der Waals surface area contributed by atoms with Gasteiger partial charge in [0.1, 0.15) is 5.82 Å². The van der Waals surface area contributed by atoms with Crippen LogP contribution in [0.4, 0.5) is 4.39 Å². The standard InChI is InChI=1S/C13H18BrFN2O2S/c1-17(13-4-2-3-9(13)8-16)20(18,19)10-5-6-11(14)12(15)7-10/h5-7,9,13H,2-4,8,16H2,1H3. The number of halogens is 2. The van der Waals surface area contributed by atoms with Crippen molar-refractivity contribution in [3.63, 3.8) is 0 Å². The Kier molecular flexibility index (Phi) is 4.84. The summed E-state index contributed by atoms with van der Waals surface area (Å²) < 4.78 is 40.2. The van der Waals surface area contributed by atoms with Gasteiger partial charge in [0.15, 0.2) is 0 Å². The molecular weight excluding hydrogens is 347 g/mol. The van der Waals surface area contributed by atoms with Gasteiger partial charge < -0.3 is 5.73 Å². The molecule has 1 fully saturated rings. The van der Waals surface area contributed by atoms with Crippen molar-refractivity contribution in [3.8, 4) is 0 Å². The molecule has 0 spiro atoms. The molecule has 112 valence electrons. The van der Waals surface area contributed by atoms with E-state index >= 15 is 0 Å². The number of benzene rings is 1. The van der Waals surface area contributed by atoms with Gasteiger partial charge in [-0.1, -0.05) is 6.42 Å². The van der Waals surface area contributed by atoms with Crippen LogP contribution in [0.25, 0.3) is 0 Å². The van der Waals surface area contributed by atoms with Crippen LogP contribution < -0.4 is 5.73 Å². The minimum atomic E-state index is -3.69. The molecule has 2 unspecified atom stereocenters. The third kappa shape index (κ3) is 2.90. The summed E-state index contributed by atoms with van der Waals surface area (Å²) in [5.41, 5.74) is 5.70. The lowest BCUT2D eigenvalue weighted by Gasteiger charge is -2.28. The fraction of sp³-hybridized carbons (Fsp3) is 0.538. The van der Waals surface area contributed by atoms with Crippen LogP contribution in [0.15, 0.2) is 27.6 Å². The second kappa shape index (κ2) is 6.09. The van der Waals surface area contributed by atoms with Crippen molar-refractivity contribution in [1.82, 2.24) is 4.31 Å². The first-order chi connectivity index (χ1) is 9.37. The molecule has 7 heteroatoms. The van der Waals surface area contributed by atoms with Crippen LogP contribution in [0, 0.1) is 11.7 Å². The highest BCUT2D eigenvalue weighted by atomic mass is 79.9. The van der Waals surface area contributed by atoms with Crippen LogP contribution >= 0.6 is 15.9 Å². The molecule has 1 aromatic carbocycles. The Labute approximate surface area is 127 Å². The van der Waals surface area contributed by atoms with Gasteiger partial charge >= 0.3 is 0 Å². The topological polar surface area (TPSA) is 63.4 Å². The van der Waals surface area contributed by atoms with Crippen molar-refractivity contribution < 1.29 is 12.8 Å². The number of nitrogens with zero attached hydrogens (tertiary/aromatic N) is 1. The van der Waals surface area contributed by atoms with Gasteiger partial charge in [0, 0.05) is 13.1 Å². The monoisotopic (exact) mass is 364 g/mol. The Balaban J connectivity index is 2.31. The molecule has 1 saturated carbocycles. The molecule has 0 bridgehead atoms. The van der Waals surface area contributed by atoms with Crippen molar-refractivity contribution in [2.75, 3.05) is 13.6 Å². The minimum absolute atomic E-state index is 0.0247. The van der Waals surface area contributed by atoms with Gasteiger partial charge in [-0.3, -0.25) is 0 Å². The Morgan fingerprint density at radius 1 is 1.45 bits per heavy atom. The van der Waals surface area contributed by atoms with E-state index in [1.54, 1.807) is 7.05 Å². The normalized spacial score (nSPS) is 23.4. The summed E-state index contributed by atoms with van der Waals surface area (Å²) in [5, 5.41) is 0. The van der Waals surface area contributed by atoms with Crippen LogP contribution in [-0.4, -0.2) is 32.4 Å². The fourth-order valence-corrected chi connectivity index (χ4v) is 4.46. The number of hydrogen-bond donors (Lipinski definition) is 1. The minimum Gasteiger partial charge on any atom is -0.330 e. The van der Waals surface area contributed by atoms with E-state index in [0.29, 0.717) is 6.54 Å². The number of nitrogens with two attached hydrogens (primary N) is 1. The van der Waals surface area contributed by atoms with Crippen molar-refractivity contribution in [1.29, 1.82) is 0 Å². The molecule has 1 aliphatic rings. The zero-order valence-corrected chi connectivity index (χ0v) is 13.6. The van der Waals surface area contributed by atoms with Crippen molar-refractivity contribution in [2.45, 2.75) is 30.2 Å². The van der Waals surface area contributed by atoms with E-state index in [2.05, 4.69) is 15.9 Å². The van der Waals surface area contributed by atoms with Gasteiger partial charge in [-0.15, -0.1) is 0 Å². The molecule has 0 heterocycles. The fourth-order valence-electron chi connectivity index (χ4n) is 2.75. The van der Waals surface area contributed by atoms with Crippen LogP contribution in [0.5, 0.6) is 0 Å². The van der Waals surface area contributed by atoms with Crippen molar-refractivity contribution in [2.24, 2.45) is 11.7 Å². The average molecular weight is 365 g/mol. The molecule has 0 saturated heterocycles. The number of hydrogen-bond acceptors (Lipinski definition) is 3. The smallest absolute Gasteiger partial charge is 0.243 e. The largest absolute Gasteiger partial charge is 0.330 e. The summed E-state index contributed by atoms with van der Waals surface area (Å²) in [5.74, 6) is -0.406. The predicted molar refractivity (Wildman–Crippen MR) is 79.2 cm³/mol. The summed E-state index contributed by atoms with van der Waals surface area (Å²) in [7, 11) is -2.14. The summed E-state index contributed by atoms with van der Waals surface area (Å²) in [6, 6.07) is 3.76. The zero-order valence-electron chi connectivity index (χ0n) is 11.2. The highest BCUT2D eigenvalue weighted by Gasteiger charge is 2.36. The lowest BCUT2D eigenvalue weighted by Crippen LogP contribution is -2.41. The lowest BCUT2D eigenvalue weighted by molar-refractivity contribution is 0.304. The molecule has 0 aromatic heterocycles. The first-order valence-electron chi connectivity index (χ1n) is 6.51. The molecule has 0 aliphatic heterocycles. The molecule has 4 nitrogen and oxygen atoms in total. The molecular formula is C13H18BrFN2O2S. The van der Waals surface area contributed by atoms with E-state index in [4.69, 9.17) is 5.73 Å². The van der Waals surface area contributed by atoms with E-state index < -0.39 is 15.8 Å². The zero-order chi connectivity index (χ0) is 14.9. The van der Waals surface area contributed by atoms with Crippen LogP contribution in [0.1, 0.15) is 19.3 Å². The Morgan fingerprint density at radius 3 is 2.75 bits per heavy atom. The highest BCUT2D eigenvalue weighted by Crippen LogP contribution is 2.32. The molecule has 2 N–H and O–H groups in total. The Hall–Kier alpha value is -0.500. The maximum atomic E-state index is 13.5. The summed E-state index contributed by atoms with van der Waals surface area (Å²) in [6.45, 7) is 0.471. The first-order valence-corrected chi connectivity index (χ1v) is 8.74. The van der Waals surface area contributed by atoms with E-state index in [-0.39, 0.29) is 21.3 Å². The van der Waals surface area contributed by atoms with Crippen molar-refractivity contribution >= 4 is 26.0 Å². The molecule has 20 heavy (non-hydrogen) atoms. The Bertz CT molecular complexity index is 594. The maximum Gasteiger partial charge on any atom is 0.243 e. The summed E-state index contributed by atoms with van der Waals surface area (Å²) in [6.07, 6.45) is 2.72. The molecule has 0 amide bonds. The van der Waals surface area contributed by atoms with E-state index in [1.807, 2.05) is 0 Å². The average Bonchev–Trinajstić information content (AvgIpc) is 2.88. The van der Waals surface area contributed by atoms with Gasteiger partial charge in [-0.2, -0.15) is 4.31 Å². The van der Waals surface area contributed by atoms with Crippen LogP contribution in [-0.2, 0) is 10.0 Å². The third-order valence-corrected chi connectivity index (χ3v) is 6.48. The molecule has 2 rings (SSSR count). The van der Waals surface area contributed by atoms with E-state index in [9.17, 15) is 12.8 Å². The maximum absolute atomic E-state index is 13.5. The van der Waals surface area contributed by atoms with Gasteiger partial charge in [-0.25, -0.2) is 12.8 Å². The van der Waals surface area contributed by atoms with Crippen LogP contribution in [0.3, 0.4) is 0 Å². The third-order valence-electron chi connectivity index (χ3n) is 3.96. The SMILES string of the molecule is CN(C1CCCC1CN)S(=O)(=O)c1ccc(Br)c(F)c1. The van der Waals surface area contributed by atoms with Crippen LogP contribution in [0.2, 0.25) is 0 Å². The molecule has 1 aliphatic carbocycles. The summed E-state index contributed by atoms with van der Waals surface area (Å²) >= 11 is 3.02. The Morgan fingerprint density at radius 2 is 2.15 bits per heavy atom. The van der Waals surface area contributed by atoms with E-state index in [1.165, 1.54) is 16.4 Å². The second-order valence-corrected chi connectivity index (χ2v) is 7.94. The molecule has 0 radical (unpaired) electrons. The molecule has 2 atom stereocenters. The summed E-state index contributed by atoms with van der Waals surface area (Å²) in [4.78, 5) is -0.0247. The highest BCUT2D eigenvalue weighted by molar-refractivity contribution is 9.10. The first kappa shape index (κ1) is 15.9. The molecule has 1 aromatic rings. The van der Waals surface area contributed by atoms with Gasteiger partial charge in [-0.05, 0) is 59.4 Å².